The van der Waals surface area contributed by atoms with Crippen molar-refractivity contribution in [2.75, 3.05) is 13.2 Å². The molecule has 1 atom stereocenters. The first-order valence-electron chi connectivity index (χ1n) is 24.1. The lowest BCUT2D eigenvalue weighted by Crippen LogP contribution is -2.30. The zero-order valence-corrected chi connectivity index (χ0v) is 37.6. The van der Waals surface area contributed by atoms with Crippen molar-refractivity contribution in [2.45, 2.75) is 245 Å². The molecule has 0 bridgehead atoms. The van der Waals surface area contributed by atoms with Crippen LogP contribution in [0.2, 0.25) is 0 Å². The van der Waals surface area contributed by atoms with Crippen LogP contribution in [0, 0.1) is 0 Å². The Morgan fingerprint density at radius 2 is 0.684 bits per heavy atom. The van der Waals surface area contributed by atoms with Gasteiger partial charge in [-0.1, -0.05) is 211 Å². The highest BCUT2D eigenvalue weighted by molar-refractivity contribution is 5.71. The molecule has 0 aliphatic carbocycles. The smallest absolute Gasteiger partial charge is 0.306 e. The third-order valence-corrected chi connectivity index (χ3v) is 10.3. The molecule has 0 fully saturated rings. The first-order chi connectivity index (χ1) is 28.0. The Labute approximate surface area is 352 Å². The van der Waals surface area contributed by atoms with E-state index in [1.807, 2.05) is 0 Å². The number of esters is 3. The largest absolute Gasteiger partial charge is 0.462 e. The molecule has 0 aromatic heterocycles. The lowest BCUT2D eigenvalue weighted by atomic mass is 10.1. The van der Waals surface area contributed by atoms with Gasteiger partial charge in [-0.3, -0.25) is 14.4 Å². The summed E-state index contributed by atoms with van der Waals surface area (Å²) in [5.74, 6) is -0.886. The van der Waals surface area contributed by atoms with Gasteiger partial charge in [-0.15, -0.1) is 0 Å². The van der Waals surface area contributed by atoms with Crippen LogP contribution in [0.4, 0.5) is 0 Å². The maximum Gasteiger partial charge on any atom is 0.306 e. The van der Waals surface area contributed by atoms with E-state index in [2.05, 4.69) is 69.4 Å². The zero-order valence-electron chi connectivity index (χ0n) is 37.6. The van der Waals surface area contributed by atoms with Gasteiger partial charge in [-0.25, -0.2) is 0 Å². The molecule has 0 radical (unpaired) electrons. The second kappa shape index (κ2) is 46.1. The first kappa shape index (κ1) is 54.4. The Bertz CT molecular complexity index is 1010. The maximum atomic E-state index is 12.7. The highest BCUT2D eigenvalue weighted by Crippen LogP contribution is 2.15. The van der Waals surface area contributed by atoms with Crippen molar-refractivity contribution >= 4 is 17.9 Å². The Balaban J connectivity index is 4.21. The van der Waals surface area contributed by atoms with E-state index in [9.17, 15) is 14.4 Å². The summed E-state index contributed by atoms with van der Waals surface area (Å²) in [4.78, 5) is 37.6. The molecule has 0 saturated heterocycles. The molecule has 0 spiro atoms. The third kappa shape index (κ3) is 44.3. The van der Waals surface area contributed by atoms with E-state index in [0.29, 0.717) is 19.3 Å². The molecule has 6 nitrogen and oxygen atoms in total. The molecule has 0 saturated carbocycles. The summed E-state index contributed by atoms with van der Waals surface area (Å²) in [5.41, 5.74) is 0. The number of allylic oxidation sites excluding steroid dienone is 8. The lowest BCUT2D eigenvalue weighted by Gasteiger charge is -2.18. The topological polar surface area (TPSA) is 78.9 Å². The van der Waals surface area contributed by atoms with Crippen LogP contribution < -0.4 is 0 Å². The van der Waals surface area contributed by atoms with E-state index >= 15 is 0 Å². The minimum absolute atomic E-state index is 0.0734. The van der Waals surface area contributed by atoms with Gasteiger partial charge in [0, 0.05) is 19.3 Å². The van der Waals surface area contributed by atoms with Crippen molar-refractivity contribution in [3.05, 3.63) is 48.6 Å². The maximum absolute atomic E-state index is 12.7. The molecule has 0 aromatic rings. The fourth-order valence-electron chi connectivity index (χ4n) is 6.73. The van der Waals surface area contributed by atoms with Gasteiger partial charge < -0.3 is 14.2 Å². The van der Waals surface area contributed by atoms with Gasteiger partial charge in [0.1, 0.15) is 13.2 Å². The van der Waals surface area contributed by atoms with Crippen molar-refractivity contribution in [1.29, 1.82) is 0 Å². The number of ether oxygens (including phenoxy) is 3. The summed E-state index contributed by atoms with van der Waals surface area (Å²) in [6.45, 7) is 6.47. The molecule has 0 aliphatic heterocycles. The average Bonchev–Trinajstić information content (AvgIpc) is 3.21. The molecule has 6 heteroatoms. The number of hydrogen-bond donors (Lipinski definition) is 0. The predicted octanol–water partition coefficient (Wildman–Crippen LogP) is 15.5. The van der Waals surface area contributed by atoms with Gasteiger partial charge in [0.05, 0.1) is 0 Å². The number of unbranched alkanes of at least 4 members (excludes halogenated alkanes) is 24. The van der Waals surface area contributed by atoms with Crippen molar-refractivity contribution in [3.63, 3.8) is 0 Å². The first-order valence-corrected chi connectivity index (χ1v) is 24.1. The van der Waals surface area contributed by atoms with Crippen LogP contribution in [0.25, 0.3) is 0 Å². The van der Waals surface area contributed by atoms with Gasteiger partial charge in [0.25, 0.3) is 0 Å². The monoisotopic (exact) mass is 799 g/mol. The summed E-state index contributed by atoms with van der Waals surface area (Å²) in [5, 5.41) is 0. The van der Waals surface area contributed by atoms with Crippen LogP contribution in [0.5, 0.6) is 0 Å². The second-order valence-corrected chi connectivity index (χ2v) is 16.0. The zero-order chi connectivity index (χ0) is 41.5. The summed E-state index contributed by atoms with van der Waals surface area (Å²) in [6.07, 6.45) is 53.9. The van der Waals surface area contributed by atoms with E-state index in [4.69, 9.17) is 14.2 Å². The summed E-state index contributed by atoms with van der Waals surface area (Å²) in [7, 11) is 0. The summed E-state index contributed by atoms with van der Waals surface area (Å²) in [6, 6.07) is 0. The van der Waals surface area contributed by atoms with Crippen LogP contribution in [0.15, 0.2) is 48.6 Å². The van der Waals surface area contributed by atoms with E-state index in [-0.39, 0.29) is 31.1 Å². The highest BCUT2D eigenvalue weighted by atomic mass is 16.6. The molecular formula is C51H90O6. The van der Waals surface area contributed by atoms with Gasteiger partial charge in [0.2, 0.25) is 0 Å². The Morgan fingerprint density at radius 1 is 0.368 bits per heavy atom. The van der Waals surface area contributed by atoms with Crippen molar-refractivity contribution in [3.8, 4) is 0 Å². The number of carbonyl (C=O) groups is 3. The standard InChI is InChI=1S/C51H90O6/c1-4-7-10-13-16-18-20-21-22-23-24-25-26-27-28-29-31-32-35-38-41-44-50(53)56-47-48(46-55-49(52)43-40-37-34-15-12-9-6-3)57-51(54)45-42-39-36-33-30-19-17-14-11-8-5-2/h7,10,16,18,21-22,24-25,48H,4-6,8-9,11-15,17,19-20,23,26-47H2,1-3H3/b10-7-,18-16-,22-21-,25-24-. The van der Waals surface area contributed by atoms with Gasteiger partial charge in [0.15, 0.2) is 6.10 Å². The molecular weight excluding hydrogens is 709 g/mol. The second-order valence-electron chi connectivity index (χ2n) is 16.0. The van der Waals surface area contributed by atoms with Crippen molar-refractivity contribution in [2.24, 2.45) is 0 Å². The highest BCUT2D eigenvalue weighted by Gasteiger charge is 2.19. The molecule has 57 heavy (non-hydrogen) atoms. The van der Waals surface area contributed by atoms with Crippen LogP contribution in [0.1, 0.15) is 239 Å². The van der Waals surface area contributed by atoms with Crippen LogP contribution in [0.3, 0.4) is 0 Å². The predicted molar refractivity (Wildman–Crippen MR) is 242 cm³/mol. The normalized spacial score (nSPS) is 12.4. The van der Waals surface area contributed by atoms with Crippen molar-refractivity contribution < 1.29 is 28.6 Å². The molecule has 330 valence electrons. The van der Waals surface area contributed by atoms with Crippen LogP contribution in [-0.4, -0.2) is 37.2 Å². The summed E-state index contributed by atoms with van der Waals surface area (Å²) >= 11 is 0. The molecule has 0 aromatic carbocycles. The average molecular weight is 799 g/mol. The Kier molecular flexibility index (Phi) is 43.9. The molecule has 0 aliphatic rings. The van der Waals surface area contributed by atoms with E-state index < -0.39 is 6.10 Å². The van der Waals surface area contributed by atoms with E-state index in [1.165, 1.54) is 109 Å². The minimum atomic E-state index is -0.768. The van der Waals surface area contributed by atoms with Crippen LogP contribution in [-0.2, 0) is 28.6 Å². The number of rotatable bonds is 43. The lowest BCUT2D eigenvalue weighted by molar-refractivity contribution is -0.167. The molecule has 1 unspecified atom stereocenters. The van der Waals surface area contributed by atoms with Gasteiger partial charge >= 0.3 is 17.9 Å². The van der Waals surface area contributed by atoms with E-state index in [1.54, 1.807) is 0 Å². The van der Waals surface area contributed by atoms with Gasteiger partial charge in [-0.2, -0.15) is 0 Å². The van der Waals surface area contributed by atoms with Crippen molar-refractivity contribution in [1.82, 2.24) is 0 Å². The quantitative estimate of drug-likeness (QED) is 0.0265. The SMILES string of the molecule is CC/C=C\C/C=C\C/C=C\C/C=C\CCCCCCCCCCC(=O)OCC(COC(=O)CCCCCCCCC)OC(=O)CCCCCCCCCCCCC. The van der Waals surface area contributed by atoms with Gasteiger partial charge in [-0.05, 0) is 57.8 Å². The summed E-state index contributed by atoms with van der Waals surface area (Å²) < 4.78 is 16.7. The third-order valence-electron chi connectivity index (χ3n) is 10.3. The minimum Gasteiger partial charge on any atom is -0.462 e. The number of hydrogen-bond acceptors (Lipinski definition) is 6. The van der Waals surface area contributed by atoms with E-state index in [0.717, 1.165) is 89.9 Å². The molecule has 0 N–H and O–H groups in total. The van der Waals surface area contributed by atoms with Crippen LogP contribution >= 0.6 is 0 Å². The molecule has 0 heterocycles. The Morgan fingerprint density at radius 3 is 1.07 bits per heavy atom. The molecule has 0 rings (SSSR count). The Hall–Kier alpha value is -2.63. The number of carbonyl (C=O) groups excluding carboxylic acids is 3. The molecule has 0 amide bonds. The fourth-order valence-corrected chi connectivity index (χ4v) is 6.73. The fraction of sp³-hybridized carbons (Fsp3) is 0.784.